The first-order valence-corrected chi connectivity index (χ1v) is 16.8. The minimum atomic E-state index is -1.54. The Kier molecular flexibility index (Phi) is 12.0. The molecule has 1 aromatic carbocycles. The molecule has 184 valence electrons. The molecule has 0 aliphatic heterocycles. The van der Waals surface area contributed by atoms with Crippen LogP contribution in [0.2, 0.25) is 19.6 Å². The van der Waals surface area contributed by atoms with E-state index in [2.05, 4.69) is 57.0 Å². The molecule has 2 aromatic rings. The zero-order valence-electron chi connectivity index (χ0n) is 21.8. The lowest BCUT2D eigenvalue weighted by atomic mass is 9.93. The third-order valence-corrected chi connectivity index (χ3v) is 8.32. The van der Waals surface area contributed by atoms with Crippen LogP contribution in [0.4, 0.5) is 0 Å². The van der Waals surface area contributed by atoms with E-state index in [9.17, 15) is 4.79 Å². The van der Waals surface area contributed by atoms with E-state index in [-0.39, 0.29) is 17.9 Å². The molecule has 0 saturated heterocycles. The van der Waals surface area contributed by atoms with E-state index < -0.39 is 8.07 Å². The van der Waals surface area contributed by atoms with Gasteiger partial charge in [-0.2, -0.15) is 0 Å². The molecule has 0 aliphatic carbocycles. The average Bonchev–Trinajstić information content (AvgIpc) is 3.28. The van der Waals surface area contributed by atoms with Gasteiger partial charge in [0.15, 0.2) is 0 Å². The predicted molar refractivity (Wildman–Crippen MR) is 144 cm³/mol. The summed E-state index contributed by atoms with van der Waals surface area (Å²) in [5.41, 5.74) is 2.18. The van der Waals surface area contributed by atoms with Crippen LogP contribution in [0.3, 0.4) is 0 Å². The number of hydrogen-bond acceptors (Lipinski definition) is 2. The van der Waals surface area contributed by atoms with Gasteiger partial charge in [-0.05, 0) is 25.0 Å². The molecule has 2 atom stereocenters. The van der Waals surface area contributed by atoms with Crippen molar-refractivity contribution in [2.75, 3.05) is 0 Å². The molecule has 1 amide bonds. The summed E-state index contributed by atoms with van der Waals surface area (Å²) in [6.07, 6.45) is 15.8. The normalized spacial score (nSPS) is 13.6. The summed E-state index contributed by atoms with van der Waals surface area (Å²) in [7, 11) is -1.54. The lowest BCUT2D eigenvalue weighted by Gasteiger charge is -2.20. The Labute approximate surface area is 203 Å². The smallest absolute Gasteiger partial charge is 0.228 e. The first kappa shape index (κ1) is 27.4. The number of furan rings is 1. The second-order valence-electron chi connectivity index (χ2n) is 10.7. The standard InChI is InChI=1S/C29H47NO2Si/c1-6-7-8-9-10-11-12-13-14-18-21-27(26-22-28(32-23-26)33(3,4)5)29(31)30-24(2)25-19-16-15-17-20-25/h15-17,19-20,22-24,27H,6-14,18,21H2,1-5H3,(H,30,31). The number of nitrogens with one attached hydrogen (secondary N) is 1. The van der Waals surface area contributed by atoms with Crippen molar-refractivity contribution >= 4 is 19.4 Å². The molecule has 0 spiro atoms. The molecule has 4 heteroatoms. The summed E-state index contributed by atoms with van der Waals surface area (Å²) in [5, 5.41) is 4.34. The Morgan fingerprint density at radius 2 is 1.45 bits per heavy atom. The van der Waals surface area contributed by atoms with Crippen molar-refractivity contribution in [3.63, 3.8) is 0 Å². The van der Waals surface area contributed by atoms with Crippen molar-refractivity contribution in [3.05, 3.63) is 53.8 Å². The Morgan fingerprint density at radius 3 is 2.00 bits per heavy atom. The molecule has 1 heterocycles. The Hall–Kier alpha value is -1.81. The van der Waals surface area contributed by atoms with E-state index in [1.165, 1.54) is 57.8 Å². The molecule has 3 nitrogen and oxygen atoms in total. The van der Waals surface area contributed by atoms with Gasteiger partial charge in [-0.3, -0.25) is 4.79 Å². The van der Waals surface area contributed by atoms with Crippen LogP contribution in [0.15, 0.2) is 47.1 Å². The third kappa shape index (κ3) is 9.91. The summed E-state index contributed by atoms with van der Waals surface area (Å²) in [6.45, 7) is 11.2. The quantitative estimate of drug-likeness (QED) is 0.199. The van der Waals surface area contributed by atoms with Crippen LogP contribution in [0.5, 0.6) is 0 Å². The number of rotatable bonds is 16. The fourth-order valence-electron chi connectivity index (χ4n) is 4.35. The van der Waals surface area contributed by atoms with E-state index in [0.29, 0.717) is 0 Å². The molecular formula is C29H47NO2Si. The van der Waals surface area contributed by atoms with Gasteiger partial charge in [-0.25, -0.2) is 0 Å². The first-order chi connectivity index (χ1) is 15.8. The van der Waals surface area contributed by atoms with Crippen LogP contribution in [-0.2, 0) is 4.79 Å². The van der Waals surface area contributed by atoms with Crippen LogP contribution < -0.4 is 10.7 Å². The average molecular weight is 470 g/mol. The molecule has 0 bridgehead atoms. The number of amides is 1. The summed E-state index contributed by atoms with van der Waals surface area (Å²) in [5.74, 6) is -0.0238. The number of unbranched alkanes of at least 4 members (excludes halogenated alkanes) is 9. The molecule has 0 aliphatic rings. The van der Waals surface area contributed by atoms with Gasteiger partial charge in [0.05, 0.1) is 23.6 Å². The van der Waals surface area contributed by atoms with Gasteiger partial charge in [0, 0.05) is 5.56 Å². The second kappa shape index (κ2) is 14.4. The highest BCUT2D eigenvalue weighted by Crippen LogP contribution is 2.26. The van der Waals surface area contributed by atoms with E-state index in [0.717, 1.165) is 29.4 Å². The van der Waals surface area contributed by atoms with Crippen molar-refractivity contribution < 1.29 is 9.21 Å². The molecular weight excluding hydrogens is 422 g/mol. The van der Waals surface area contributed by atoms with Crippen LogP contribution in [0.1, 0.15) is 108 Å². The van der Waals surface area contributed by atoms with Crippen molar-refractivity contribution in [1.29, 1.82) is 0 Å². The van der Waals surface area contributed by atoms with Crippen molar-refractivity contribution in [3.8, 4) is 0 Å². The van der Waals surface area contributed by atoms with Crippen molar-refractivity contribution in [2.45, 2.75) is 116 Å². The van der Waals surface area contributed by atoms with Crippen LogP contribution in [0, 0.1) is 0 Å². The Balaban J connectivity index is 1.90. The number of carbonyl (C=O) groups is 1. The molecule has 33 heavy (non-hydrogen) atoms. The van der Waals surface area contributed by atoms with Crippen LogP contribution in [0.25, 0.3) is 0 Å². The predicted octanol–water partition coefficient (Wildman–Crippen LogP) is 8.10. The van der Waals surface area contributed by atoms with Crippen LogP contribution in [-0.4, -0.2) is 14.0 Å². The van der Waals surface area contributed by atoms with Gasteiger partial charge in [0.25, 0.3) is 0 Å². The van der Waals surface area contributed by atoms with Crippen LogP contribution >= 0.6 is 0 Å². The van der Waals surface area contributed by atoms with Gasteiger partial charge in [-0.1, -0.05) is 121 Å². The summed E-state index contributed by atoms with van der Waals surface area (Å²) >= 11 is 0. The van der Waals surface area contributed by atoms with Gasteiger partial charge in [0.1, 0.15) is 8.07 Å². The molecule has 2 rings (SSSR count). The maximum absolute atomic E-state index is 13.3. The summed E-state index contributed by atoms with van der Waals surface area (Å²) in [6, 6.07) is 12.4. The fourth-order valence-corrected chi connectivity index (χ4v) is 5.36. The second-order valence-corrected chi connectivity index (χ2v) is 15.7. The van der Waals surface area contributed by atoms with Gasteiger partial charge >= 0.3 is 0 Å². The topological polar surface area (TPSA) is 42.2 Å². The van der Waals surface area contributed by atoms with Crippen molar-refractivity contribution in [2.24, 2.45) is 0 Å². The zero-order chi connectivity index (χ0) is 24.1. The van der Waals surface area contributed by atoms with E-state index >= 15 is 0 Å². The lowest BCUT2D eigenvalue weighted by Crippen LogP contribution is -2.36. The van der Waals surface area contributed by atoms with Crippen molar-refractivity contribution in [1.82, 2.24) is 5.32 Å². The van der Waals surface area contributed by atoms with E-state index in [1.54, 1.807) is 0 Å². The summed E-state index contributed by atoms with van der Waals surface area (Å²) in [4.78, 5) is 13.3. The fraction of sp³-hybridized carbons (Fsp3) is 0.621. The first-order valence-electron chi connectivity index (χ1n) is 13.3. The molecule has 0 radical (unpaired) electrons. The third-order valence-electron chi connectivity index (χ3n) is 6.58. The minimum absolute atomic E-state index is 0.00253. The highest BCUT2D eigenvalue weighted by atomic mass is 28.3. The minimum Gasteiger partial charge on any atom is -0.474 e. The number of hydrogen-bond donors (Lipinski definition) is 1. The SMILES string of the molecule is CCCCCCCCCCCCC(C(=O)NC(C)c1ccccc1)c1coc([Si](C)(C)C)c1. The largest absolute Gasteiger partial charge is 0.474 e. The van der Waals surface area contributed by atoms with Gasteiger partial charge < -0.3 is 9.73 Å². The van der Waals surface area contributed by atoms with E-state index in [1.807, 2.05) is 24.5 Å². The molecule has 2 unspecified atom stereocenters. The van der Waals surface area contributed by atoms with Gasteiger partial charge in [0.2, 0.25) is 5.91 Å². The molecule has 1 N–H and O–H groups in total. The maximum atomic E-state index is 13.3. The molecule has 0 saturated carbocycles. The van der Waals surface area contributed by atoms with E-state index in [4.69, 9.17) is 4.42 Å². The highest BCUT2D eigenvalue weighted by molar-refractivity contribution is 6.87. The number of carbonyl (C=O) groups excluding carboxylic acids is 1. The lowest BCUT2D eigenvalue weighted by molar-refractivity contribution is -0.123. The Bertz CT molecular complexity index is 793. The molecule has 0 fully saturated rings. The number of benzene rings is 1. The maximum Gasteiger partial charge on any atom is 0.228 e. The summed E-state index contributed by atoms with van der Waals surface area (Å²) < 4.78 is 5.93. The zero-order valence-corrected chi connectivity index (χ0v) is 22.8. The highest BCUT2D eigenvalue weighted by Gasteiger charge is 2.27. The Morgan fingerprint density at radius 1 is 0.879 bits per heavy atom. The van der Waals surface area contributed by atoms with Gasteiger partial charge in [-0.15, -0.1) is 0 Å². The molecule has 1 aromatic heterocycles. The monoisotopic (exact) mass is 469 g/mol.